The van der Waals surface area contributed by atoms with Gasteiger partial charge in [0, 0.05) is 45.5 Å². The molecule has 1 fully saturated rings. The summed E-state index contributed by atoms with van der Waals surface area (Å²) in [5, 5.41) is 4.52. The van der Waals surface area contributed by atoms with Gasteiger partial charge >= 0.3 is 0 Å². The second-order valence-electron chi connectivity index (χ2n) is 6.87. The van der Waals surface area contributed by atoms with E-state index in [-0.39, 0.29) is 17.1 Å². The number of fused-ring (bicyclic) bond motifs is 1. The molecule has 0 unspecified atom stereocenters. The summed E-state index contributed by atoms with van der Waals surface area (Å²) in [6, 6.07) is 3.66. The highest BCUT2D eigenvalue weighted by atomic mass is 32.1. The van der Waals surface area contributed by atoms with Crippen molar-refractivity contribution < 1.29 is 18.3 Å². The van der Waals surface area contributed by atoms with Crippen LogP contribution in [0, 0.1) is 11.6 Å². The molecule has 0 N–H and O–H groups in total. The van der Waals surface area contributed by atoms with Gasteiger partial charge in [-0.1, -0.05) is 11.3 Å². The Balaban J connectivity index is 1.58. The number of nitrogens with zero attached hydrogens (tertiary/aromatic N) is 5. The lowest BCUT2D eigenvalue weighted by atomic mass is 10.3. The third kappa shape index (κ3) is 4.44. The lowest BCUT2D eigenvalue weighted by molar-refractivity contribution is 0.0376. The number of hydrogen-bond donors (Lipinski definition) is 0. The molecule has 10 heteroatoms. The zero-order chi connectivity index (χ0) is 20.4. The molecule has 154 valence electrons. The van der Waals surface area contributed by atoms with E-state index in [1.165, 1.54) is 11.0 Å². The zero-order valence-electron chi connectivity index (χ0n) is 16.0. The van der Waals surface area contributed by atoms with Crippen LogP contribution >= 0.6 is 11.3 Å². The average molecular weight is 421 g/mol. The Bertz CT molecular complexity index is 1020. The number of halogens is 2. The van der Waals surface area contributed by atoms with Gasteiger partial charge < -0.3 is 4.74 Å². The number of ether oxygens (including phenoxy) is 1. The quantitative estimate of drug-likeness (QED) is 0.612. The standard InChI is InChI=1S/C19H21F2N5O2S/c1-24-6-3-15(23-24)18(27)26(5-2-4-25-7-9-28-10-8-25)19-22-17-14(21)11-13(20)12-16(17)29-19/h3,6,11-12H,2,4-5,7-10H2,1H3. The predicted molar refractivity (Wildman–Crippen MR) is 106 cm³/mol. The van der Waals surface area contributed by atoms with Crippen molar-refractivity contribution in [2.75, 3.05) is 44.3 Å². The molecule has 0 radical (unpaired) electrons. The van der Waals surface area contributed by atoms with Crippen LogP contribution in [0.15, 0.2) is 24.4 Å². The number of benzene rings is 1. The molecule has 0 atom stereocenters. The van der Waals surface area contributed by atoms with E-state index < -0.39 is 11.6 Å². The molecule has 29 heavy (non-hydrogen) atoms. The molecule has 0 bridgehead atoms. The van der Waals surface area contributed by atoms with Gasteiger partial charge in [-0.05, 0) is 18.6 Å². The second-order valence-corrected chi connectivity index (χ2v) is 7.88. The fourth-order valence-corrected chi connectivity index (χ4v) is 4.32. The topological polar surface area (TPSA) is 63.5 Å². The Hall–Kier alpha value is -2.43. The Morgan fingerprint density at radius 3 is 2.83 bits per heavy atom. The lowest BCUT2D eigenvalue weighted by Gasteiger charge is -2.27. The van der Waals surface area contributed by atoms with Crippen LogP contribution < -0.4 is 4.90 Å². The van der Waals surface area contributed by atoms with E-state index in [2.05, 4.69) is 15.0 Å². The summed E-state index contributed by atoms with van der Waals surface area (Å²) in [4.78, 5) is 21.2. The highest BCUT2D eigenvalue weighted by Gasteiger charge is 2.24. The summed E-state index contributed by atoms with van der Waals surface area (Å²) in [7, 11) is 1.73. The van der Waals surface area contributed by atoms with Crippen LogP contribution in [-0.2, 0) is 11.8 Å². The molecule has 0 aliphatic carbocycles. The minimum atomic E-state index is -0.735. The van der Waals surface area contributed by atoms with E-state index in [0.717, 1.165) is 37.0 Å². The van der Waals surface area contributed by atoms with Crippen molar-refractivity contribution in [1.29, 1.82) is 0 Å². The van der Waals surface area contributed by atoms with E-state index in [9.17, 15) is 13.6 Å². The summed E-state index contributed by atoms with van der Waals surface area (Å²) >= 11 is 1.10. The lowest BCUT2D eigenvalue weighted by Crippen LogP contribution is -2.39. The molecular weight excluding hydrogens is 400 g/mol. The monoisotopic (exact) mass is 421 g/mol. The smallest absolute Gasteiger partial charge is 0.280 e. The predicted octanol–water partition coefficient (Wildman–Crippen LogP) is 2.68. The average Bonchev–Trinajstić information content (AvgIpc) is 3.32. The number of hydrogen-bond acceptors (Lipinski definition) is 6. The Kier molecular flexibility index (Phi) is 5.84. The van der Waals surface area contributed by atoms with Crippen LogP contribution in [0.25, 0.3) is 10.2 Å². The third-order valence-corrected chi connectivity index (χ3v) is 5.80. The molecule has 3 heterocycles. The van der Waals surface area contributed by atoms with Crippen molar-refractivity contribution in [3.63, 3.8) is 0 Å². The number of amides is 1. The van der Waals surface area contributed by atoms with Crippen molar-refractivity contribution in [3.05, 3.63) is 41.7 Å². The maximum absolute atomic E-state index is 14.1. The van der Waals surface area contributed by atoms with E-state index in [1.807, 2.05) is 0 Å². The van der Waals surface area contributed by atoms with Crippen LogP contribution in [0.1, 0.15) is 16.9 Å². The van der Waals surface area contributed by atoms with E-state index in [0.29, 0.717) is 36.0 Å². The number of aromatic nitrogens is 3. The van der Waals surface area contributed by atoms with Crippen molar-refractivity contribution in [3.8, 4) is 0 Å². The van der Waals surface area contributed by atoms with E-state index in [4.69, 9.17) is 4.74 Å². The SMILES string of the molecule is Cn1ccc(C(=O)N(CCCN2CCOCC2)c2nc3c(F)cc(F)cc3s2)n1. The molecule has 2 aromatic heterocycles. The maximum atomic E-state index is 14.1. The number of carbonyl (C=O) groups is 1. The molecule has 1 aromatic carbocycles. The van der Waals surface area contributed by atoms with Crippen molar-refractivity contribution >= 4 is 32.6 Å². The molecule has 1 aliphatic heterocycles. The molecule has 3 aromatic rings. The summed E-state index contributed by atoms with van der Waals surface area (Å²) in [5.41, 5.74) is 0.350. The fraction of sp³-hybridized carbons (Fsp3) is 0.421. The molecule has 1 aliphatic rings. The third-order valence-electron chi connectivity index (χ3n) is 4.77. The van der Waals surface area contributed by atoms with Gasteiger partial charge in [-0.15, -0.1) is 0 Å². The van der Waals surface area contributed by atoms with Gasteiger partial charge in [0.25, 0.3) is 5.91 Å². The number of carbonyl (C=O) groups excluding carboxylic acids is 1. The second kappa shape index (κ2) is 8.52. The number of rotatable bonds is 6. The summed E-state index contributed by atoms with van der Waals surface area (Å²) in [6.45, 7) is 4.35. The van der Waals surface area contributed by atoms with Crippen LogP contribution in [-0.4, -0.2) is 65.0 Å². The van der Waals surface area contributed by atoms with Crippen LogP contribution in [0.4, 0.5) is 13.9 Å². The van der Waals surface area contributed by atoms with Crippen molar-refractivity contribution in [2.24, 2.45) is 7.05 Å². The molecule has 1 saturated heterocycles. The molecule has 7 nitrogen and oxygen atoms in total. The molecular formula is C19H21F2N5O2S. The minimum absolute atomic E-state index is 0.0680. The highest BCUT2D eigenvalue weighted by molar-refractivity contribution is 7.22. The van der Waals surface area contributed by atoms with Gasteiger partial charge in [-0.25, -0.2) is 13.8 Å². The van der Waals surface area contributed by atoms with Crippen molar-refractivity contribution in [1.82, 2.24) is 19.7 Å². The maximum Gasteiger partial charge on any atom is 0.280 e. The molecule has 0 spiro atoms. The van der Waals surface area contributed by atoms with Gasteiger partial charge in [0.1, 0.15) is 11.3 Å². The minimum Gasteiger partial charge on any atom is -0.379 e. The normalized spacial score (nSPS) is 15.1. The first-order valence-electron chi connectivity index (χ1n) is 9.38. The number of aryl methyl sites for hydroxylation is 1. The van der Waals surface area contributed by atoms with Crippen LogP contribution in [0.5, 0.6) is 0 Å². The highest BCUT2D eigenvalue weighted by Crippen LogP contribution is 2.32. The zero-order valence-corrected chi connectivity index (χ0v) is 16.8. The summed E-state index contributed by atoms with van der Waals surface area (Å²) in [6.07, 6.45) is 2.40. The number of anilines is 1. The molecule has 0 saturated carbocycles. The fourth-order valence-electron chi connectivity index (χ4n) is 3.29. The van der Waals surface area contributed by atoms with Crippen molar-refractivity contribution in [2.45, 2.75) is 6.42 Å². The first kappa shape index (κ1) is 19.9. The van der Waals surface area contributed by atoms with E-state index >= 15 is 0 Å². The largest absolute Gasteiger partial charge is 0.379 e. The summed E-state index contributed by atoms with van der Waals surface area (Å²) < 4.78 is 35.0. The van der Waals surface area contributed by atoms with Crippen LogP contribution in [0.2, 0.25) is 0 Å². The van der Waals surface area contributed by atoms with Gasteiger partial charge in [0.15, 0.2) is 16.6 Å². The van der Waals surface area contributed by atoms with Gasteiger partial charge in [0.2, 0.25) is 0 Å². The Labute approximate surface area is 170 Å². The van der Waals surface area contributed by atoms with E-state index in [1.54, 1.807) is 24.0 Å². The van der Waals surface area contributed by atoms with Gasteiger partial charge in [0.05, 0.1) is 17.9 Å². The number of thiazole rings is 1. The summed E-state index contributed by atoms with van der Waals surface area (Å²) in [5.74, 6) is -1.71. The Morgan fingerprint density at radius 2 is 2.10 bits per heavy atom. The van der Waals surface area contributed by atoms with Gasteiger partial charge in [-0.3, -0.25) is 19.3 Å². The first-order chi connectivity index (χ1) is 14.0. The van der Waals surface area contributed by atoms with Crippen LogP contribution in [0.3, 0.4) is 0 Å². The molecule has 4 rings (SSSR count). The molecule has 1 amide bonds. The number of morpholine rings is 1. The van der Waals surface area contributed by atoms with Gasteiger partial charge in [-0.2, -0.15) is 5.10 Å². The first-order valence-corrected chi connectivity index (χ1v) is 10.2. The Morgan fingerprint density at radius 1 is 1.31 bits per heavy atom.